The Balaban J connectivity index is 0. The molecule has 0 fully saturated rings. The van der Waals surface area contributed by atoms with Crippen LogP contribution in [0.5, 0.6) is 0 Å². The Morgan fingerprint density at radius 1 is 0.840 bits per heavy atom. The predicted molar refractivity (Wildman–Crippen MR) is 99.9 cm³/mol. The molecule has 0 bridgehead atoms. The maximum absolute atomic E-state index is 11.0. The van der Waals surface area contributed by atoms with Gasteiger partial charge in [-0.2, -0.15) is 0 Å². The van der Waals surface area contributed by atoms with E-state index in [2.05, 4.69) is 19.1 Å². The minimum Gasteiger partial charge on any atom is -0.844 e. The van der Waals surface area contributed by atoms with Crippen molar-refractivity contribution in [2.45, 2.75) is 110 Å². The third kappa shape index (κ3) is 22.8. The molecule has 25 heavy (non-hydrogen) atoms. The summed E-state index contributed by atoms with van der Waals surface area (Å²) >= 11 is 0. The number of allylic oxidation sites excluding steroid dienone is 2. The van der Waals surface area contributed by atoms with Crippen molar-refractivity contribution in [3.05, 3.63) is 12.2 Å². The number of hydrogen-bond donors (Lipinski definition) is 0. The Bertz CT molecular complexity index is 304. The zero-order chi connectivity index (χ0) is 17.9. The molecule has 142 valence electrons. The van der Waals surface area contributed by atoms with Gasteiger partial charge in [0.05, 0.1) is 6.61 Å². The molecule has 3 nitrogen and oxygen atoms in total. The molecule has 0 aliphatic carbocycles. The van der Waals surface area contributed by atoms with Crippen LogP contribution in [0.25, 0.3) is 0 Å². The first kappa shape index (κ1) is 28.0. The summed E-state index contributed by atoms with van der Waals surface area (Å²) in [6.07, 6.45) is 21.1. The van der Waals surface area contributed by atoms with E-state index in [4.69, 9.17) is 4.74 Å². The molecule has 0 amide bonds. The average Bonchev–Trinajstić information content (AvgIpc) is 2.57. The molecular formula is C21H39KO3. The summed E-state index contributed by atoms with van der Waals surface area (Å²) in [5, 5.41) is 10.7. The van der Waals surface area contributed by atoms with Crippen molar-refractivity contribution in [1.82, 2.24) is 0 Å². The molecule has 0 aliphatic rings. The molecule has 0 rings (SSSR count). The van der Waals surface area contributed by atoms with Crippen molar-refractivity contribution in [2.24, 2.45) is 0 Å². The molecule has 1 unspecified atom stereocenters. The van der Waals surface area contributed by atoms with Crippen molar-refractivity contribution in [2.75, 3.05) is 6.61 Å². The molecule has 1 atom stereocenters. The first-order valence-corrected chi connectivity index (χ1v) is 10.2. The topological polar surface area (TPSA) is 49.4 Å². The normalized spacial score (nSPS) is 12.1. The predicted octanol–water partition coefficient (Wildman–Crippen LogP) is 2.32. The SMILES string of the molecule is CCCCCCCC/C=C\CCCCCCCCOC(=O)C(C)[O-].[K+]. The van der Waals surface area contributed by atoms with Crippen LogP contribution in [0.3, 0.4) is 0 Å². The Hall–Kier alpha value is 0.806. The van der Waals surface area contributed by atoms with Gasteiger partial charge in [-0.05, 0) is 38.2 Å². The summed E-state index contributed by atoms with van der Waals surface area (Å²) in [5.41, 5.74) is 0. The maximum Gasteiger partial charge on any atom is 1.00 e. The van der Waals surface area contributed by atoms with Gasteiger partial charge in [0.2, 0.25) is 0 Å². The van der Waals surface area contributed by atoms with Gasteiger partial charge in [0.25, 0.3) is 5.97 Å². The van der Waals surface area contributed by atoms with Crippen LogP contribution >= 0.6 is 0 Å². The third-order valence-corrected chi connectivity index (χ3v) is 4.23. The van der Waals surface area contributed by atoms with Gasteiger partial charge in [0.15, 0.2) is 0 Å². The summed E-state index contributed by atoms with van der Waals surface area (Å²) in [5.74, 6) is -0.622. The summed E-state index contributed by atoms with van der Waals surface area (Å²) in [4.78, 5) is 11.0. The Labute approximate surface area is 198 Å². The number of rotatable bonds is 17. The maximum atomic E-state index is 11.0. The van der Waals surface area contributed by atoms with Gasteiger partial charge in [-0.25, -0.2) is 0 Å². The standard InChI is InChI=1S/C21H39O3.K/c1-3-4-5-6-7-8-9-10-11-12-13-14-15-16-17-18-19-24-21(23)20(2)22;/h10-11,20H,3-9,12-19H2,1-2H3;/q-1;+1/b11-10-;. The van der Waals surface area contributed by atoms with Crippen LogP contribution in [0.15, 0.2) is 12.2 Å². The van der Waals surface area contributed by atoms with Crippen molar-refractivity contribution < 1.29 is 66.0 Å². The first-order valence-electron chi connectivity index (χ1n) is 10.2. The summed E-state index contributed by atoms with van der Waals surface area (Å²) < 4.78 is 4.86. The van der Waals surface area contributed by atoms with Crippen LogP contribution in [-0.2, 0) is 9.53 Å². The van der Waals surface area contributed by atoms with Crippen molar-refractivity contribution in [3.8, 4) is 0 Å². The molecule has 0 saturated heterocycles. The van der Waals surface area contributed by atoms with Gasteiger partial charge in [0, 0.05) is 0 Å². The summed E-state index contributed by atoms with van der Waals surface area (Å²) in [7, 11) is 0. The van der Waals surface area contributed by atoms with E-state index in [1.165, 1.54) is 84.0 Å². The Morgan fingerprint density at radius 2 is 1.28 bits per heavy atom. The van der Waals surface area contributed by atoms with Gasteiger partial charge in [-0.15, -0.1) is 0 Å². The van der Waals surface area contributed by atoms with Crippen LogP contribution < -0.4 is 56.5 Å². The molecule has 0 N–H and O–H groups in total. The monoisotopic (exact) mass is 378 g/mol. The average molecular weight is 379 g/mol. The van der Waals surface area contributed by atoms with E-state index in [-0.39, 0.29) is 51.4 Å². The van der Waals surface area contributed by atoms with Crippen LogP contribution in [0.2, 0.25) is 0 Å². The molecule has 0 spiro atoms. The fourth-order valence-electron chi connectivity index (χ4n) is 2.64. The molecule has 0 aromatic carbocycles. The number of hydrogen-bond acceptors (Lipinski definition) is 3. The van der Waals surface area contributed by atoms with Crippen molar-refractivity contribution in [3.63, 3.8) is 0 Å². The van der Waals surface area contributed by atoms with E-state index in [9.17, 15) is 9.90 Å². The van der Waals surface area contributed by atoms with E-state index >= 15 is 0 Å². The number of carbonyl (C=O) groups is 1. The number of esters is 1. The molecule has 0 aromatic rings. The fraction of sp³-hybridized carbons (Fsp3) is 0.857. The van der Waals surface area contributed by atoms with E-state index < -0.39 is 12.1 Å². The van der Waals surface area contributed by atoms with Gasteiger partial charge in [-0.1, -0.05) is 83.8 Å². The quantitative estimate of drug-likeness (QED) is 0.169. The van der Waals surface area contributed by atoms with Gasteiger partial charge in [0.1, 0.15) is 0 Å². The molecule has 0 heterocycles. The number of ether oxygens (including phenoxy) is 1. The molecular weight excluding hydrogens is 339 g/mol. The number of carbonyl (C=O) groups excluding carboxylic acids is 1. The van der Waals surface area contributed by atoms with Crippen LogP contribution in [0.4, 0.5) is 0 Å². The number of unbranched alkanes of at least 4 members (excludes halogenated alkanes) is 12. The minimum atomic E-state index is -1.25. The van der Waals surface area contributed by atoms with Gasteiger partial charge < -0.3 is 9.84 Å². The van der Waals surface area contributed by atoms with E-state index in [1.807, 2.05) is 0 Å². The smallest absolute Gasteiger partial charge is 0.844 e. The third-order valence-electron chi connectivity index (χ3n) is 4.23. The van der Waals surface area contributed by atoms with Crippen LogP contribution in [0, 0.1) is 0 Å². The van der Waals surface area contributed by atoms with Crippen LogP contribution in [-0.4, -0.2) is 18.7 Å². The molecule has 0 aromatic heterocycles. The Morgan fingerprint density at radius 3 is 1.76 bits per heavy atom. The second-order valence-corrected chi connectivity index (χ2v) is 6.75. The van der Waals surface area contributed by atoms with Gasteiger partial charge in [-0.3, -0.25) is 4.79 Å². The summed E-state index contributed by atoms with van der Waals surface area (Å²) in [6.45, 7) is 3.98. The van der Waals surface area contributed by atoms with Crippen LogP contribution in [0.1, 0.15) is 104 Å². The van der Waals surface area contributed by atoms with E-state index in [1.54, 1.807) is 0 Å². The first-order chi connectivity index (χ1) is 11.7. The fourth-order valence-corrected chi connectivity index (χ4v) is 2.64. The van der Waals surface area contributed by atoms with Crippen molar-refractivity contribution >= 4 is 5.97 Å². The van der Waals surface area contributed by atoms with Gasteiger partial charge >= 0.3 is 51.4 Å². The summed E-state index contributed by atoms with van der Waals surface area (Å²) in [6, 6.07) is 0. The molecule has 0 aliphatic heterocycles. The second-order valence-electron chi connectivity index (χ2n) is 6.75. The van der Waals surface area contributed by atoms with E-state index in [0.29, 0.717) is 6.61 Å². The molecule has 4 heteroatoms. The zero-order valence-electron chi connectivity index (χ0n) is 17.1. The van der Waals surface area contributed by atoms with E-state index in [0.717, 1.165) is 12.8 Å². The Kier molecular flexibility index (Phi) is 25.6. The molecule has 0 radical (unpaired) electrons. The molecule has 0 saturated carbocycles. The van der Waals surface area contributed by atoms with Crippen molar-refractivity contribution in [1.29, 1.82) is 0 Å². The second kappa shape index (κ2) is 22.8. The largest absolute Gasteiger partial charge is 1.00 e. The minimum absolute atomic E-state index is 0. The zero-order valence-corrected chi connectivity index (χ0v) is 20.2.